The first-order valence-electron chi connectivity index (χ1n) is 3.47. The van der Waals surface area contributed by atoms with Crippen LogP contribution in [0, 0.1) is 13.8 Å². The third kappa shape index (κ3) is 2.37. The van der Waals surface area contributed by atoms with E-state index in [2.05, 4.69) is 5.16 Å². The zero-order chi connectivity index (χ0) is 8.48. The minimum absolute atomic E-state index is 0.470. The molecule has 2 nitrogen and oxygen atoms in total. The van der Waals surface area contributed by atoms with Crippen LogP contribution in [0.4, 0.5) is 0 Å². The second-order valence-electron chi connectivity index (χ2n) is 3.03. The highest BCUT2D eigenvalue weighted by atomic mass is 16.7. The monoisotopic (exact) mass is 149 g/mol. The first-order valence-corrected chi connectivity index (χ1v) is 3.47. The number of allylic oxidation sites excluding steroid dienone is 2. The number of nitrogens with zero attached hydrogens (tertiary/aromatic N) is 1. The van der Waals surface area contributed by atoms with Crippen molar-refractivity contribution < 1.29 is 4.84 Å². The molecular formula is C9H11NO. The molecule has 1 rings (SSSR count). The van der Waals surface area contributed by atoms with Gasteiger partial charge in [0.2, 0.25) is 0 Å². The van der Waals surface area contributed by atoms with Gasteiger partial charge in [-0.05, 0) is 19.9 Å². The predicted molar refractivity (Wildman–Crippen MR) is 43.9 cm³/mol. The fourth-order valence-corrected chi connectivity index (χ4v) is 0.902. The summed E-state index contributed by atoms with van der Waals surface area (Å²) in [5, 5.41) is 3.72. The van der Waals surface area contributed by atoms with Crippen molar-refractivity contribution in [1.29, 1.82) is 0 Å². The lowest BCUT2D eigenvalue weighted by Gasteiger charge is -2.11. The molecule has 0 saturated heterocycles. The van der Waals surface area contributed by atoms with Crippen LogP contribution in [0.15, 0.2) is 16.8 Å². The fourth-order valence-electron chi connectivity index (χ4n) is 0.902. The minimum atomic E-state index is -1.10. The van der Waals surface area contributed by atoms with Crippen molar-refractivity contribution in [2.75, 3.05) is 0 Å². The molecule has 0 aromatic rings. The summed E-state index contributed by atoms with van der Waals surface area (Å²) in [6.45, 7) is 14.9. The van der Waals surface area contributed by atoms with Gasteiger partial charge >= 0.3 is 0 Å². The average Bonchev–Trinajstić information content (AvgIpc) is 2.08. The summed E-state index contributed by atoms with van der Waals surface area (Å²) >= 11 is 0. The normalized spacial score (nSPS) is 20.5. The fraction of sp³-hybridized carbons (Fsp3) is 0.444. The minimum Gasteiger partial charge on any atom is -0.388 e. The van der Waals surface area contributed by atoms with Gasteiger partial charge in [0.25, 0.3) is 0 Å². The molecule has 0 aromatic heterocycles. The molecule has 0 spiro atoms. The van der Waals surface area contributed by atoms with E-state index in [4.69, 9.17) is 18.7 Å². The van der Waals surface area contributed by atoms with Crippen LogP contribution in [0.5, 0.6) is 0 Å². The summed E-state index contributed by atoms with van der Waals surface area (Å²) in [5.41, 5.74) is 0.862. The number of hydrogen-bond acceptors (Lipinski definition) is 2. The molecule has 1 aliphatic heterocycles. The number of oxime groups is 1. The van der Waals surface area contributed by atoms with E-state index in [-0.39, 0.29) is 0 Å². The third-order valence-electron chi connectivity index (χ3n) is 1.25. The lowest BCUT2D eigenvalue weighted by molar-refractivity contribution is 0.0549. The second kappa shape index (κ2) is 2.68. The summed E-state index contributed by atoms with van der Waals surface area (Å²) in [6.07, 6.45) is 2.37. The van der Waals surface area contributed by atoms with Crippen LogP contribution >= 0.6 is 0 Å². The molecule has 0 unspecified atom stereocenters. The summed E-state index contributed by atoms with van der Waals surface area (Å²) in [4.78, 5) is 4.75. The summed E-state index contributed by atoms with van der Waals surface area (Å²) in [7, 11) is 0. The molecule has 4 radical (unpaired) electrons. The first kappa shape index (κ1) is 8.31. The SMILES string of the molecule is [CH]C1([CH])CC(C=C(C)C)=NO1. The molecule has 58 valence electrons. The molecule has 0 bridgehead atoms. The Bertz CT molecular complexity index is 210. The number of rotatable bonds is 1. The Hall–Kier alpha value is -0.790. The van der Waals surface area contributed by atoms with Crippen molar-refractivity contribution >= 4 is 5.71 Å². The van der Waals surface area contributed by atoms with Crippen LogP contribution in [-0.2, 0) is 4.84 Å². The van der Waals surface area contributed by atoms with Crippen molar-refractivity contribution in [3.8, 4) is 0 Å². The molecule has 0 aromatic carbocycles. The van der Waals surface area contributed by atoms with Crippen molar-refractivity contribution in [3.05, 3.63) is 25.5 Å². The Morgan fingerprint density at radius 1 is 1.64 bits per heavy atom. The molecule has 1 heterocycles. The van der Waals surface area contributed by atoms with Gasteiger partial charge in [-0.15, -0.1) is 0 Å². The molecule has 0 aliphatic carbocycles. The Kier molecular flexibility index (Phi) is 2.03. The van der Waals surface area contributed by atoms with Gasteiger partial charge in [0.05, 0.1) is 5.71 Å². The third-order valence-corrected chi connectivity index (χ3v) is 1.25. The van der Waals surface area contributed by atoms with E-state index < -0.39 is 5.60 Å². The maximum Gasteiger partial charge on any atom is 0.150 e. The molecular weight excluding hydrogens is 138 g/mol. The maximum absolute atomic E-state index is 5.46. The highest BCUT2D eigenvalue weighted by Crippen LogP contribution is 2.22. The van der Waals surface area contributed by atoms with Crippen LogP contribution in [0.1, 0.15) is 20.3 Å². The number of hydrogen-bond donors (Lipinski definition) is 0. The first-order chi connectivity index (χ1) is 4.99. The highest BCUT2D eigenvalue weighted by molar-refractivity contribution is 5.96. The van der Waals surface area contributed by atoms with Gasteiger partial charge in [0.1, 0.15) is 0 Å². The van der Waals surface area contributed by atoms with E-state index in [9.17, 15) is 0 Å². The van der Waals surface area contributed by atoms with Crippen LogP contribution in [0.2, 0.25) is 0 Å². The molecule has 0 N–H and O–H groups in total. The van der Waals surface area contributed by atoms with Crippen LogP contribution in [-0.4, -0.2) is 11.3 Å². The highest BCUT2D eigenvalue weighted by Gasteiger charge is 2.28. The zero-order valence-electron chi connectivity index (χ0n) is 6.79. The Labute approximate surface area is 67.9 Å². The van der Waals surface area contributed by atoms with Crippen LogP contribution in [0.25, 0.3) is 0 Å². The van der Waals surface area contributed by atoms with Crippen molar-refractivity contribution in [3.63, 3.8) is 0 Å². The summed E-state index contributed by atoms with van der Waals surface area (Å²) in [5.74, 6) is 0. The largest absolute Gasteiger partial charge is 0.388 e. The van der Waals surface area contributed by atoms with E-state index in [1.54, 1.807) is 0 Å². The predicted octanol–water partition coefficient (Wildman–Crippen LogP) is 1.89. The van der Waals surface area contributed by atoms with Gasteiger partial charge in [-0.2, -0.15) is 0 Å². The molecule has 0 atom stereocenters. The second-order valence-corrected chi connectivity index (χ2v) is 3.03. The van der Waals surface area contributed by atoms with Gasteiger partial charge in [-0.25, -0.2) is 0 Å². The smallest absolute Gasteiger partial charge is 0.150 e. The lowest BCUT2D eigenvalue weighted by atomic mass is 10.0. The Morgan fingerprint density at radius 2 is 2.27 bits per heavy atom. The van der Waals surface area contributed by atoms with Gasteiger partial charge in [-0.3, -0.25) is 0 Å². The Balaban J connectivity index is 2.61. The molecule has 0 amide bonds. The van der Waals surface area contributed by atoms with Crippen molar-refractivity contribution in [2.45, 2.75) is 25.9 Å². The molecule has 1 aliphatic rings. The zero-order valence-corrected chi connectivity index (χ0v) is 6.79. The van der Waals surface area contributed by atoms with Crippen molar-refractivity contribution in [2.24, 2.45) is 5.16 Å². The molecule has 0 fully saturated rings. The van der Waals surface area contributed by atoms with Crippen LogP contribution < -0.4 is 0 Å². The molecule has 11 heavy (non-hydrogen) atoms. The van der Waals surface area contributed by atoms with Gasteiger partial charge in [-0.1, -0.05) is 10.7 Å². The topological polar surface area (TPSA) is 21.6 Å². The average molecular weight is 149 g/mol. The van der Waals surface area contributed by atoms with Gasteiger partial charge in [0, 0.05) is 20.3 Å². The van der Waals surface area contributed by atoms with E-state index in [1.165, 1.54) is 0 Å². The lowest BCUT2D eigenvalue weighted by Crippen LogP contribution is -2.19. The van der Waals surface area contributed by atoms with Gasteiger partial charge in [0.15, 0.2) is 5.60 Å². The summed E-state index contributed by atoms with van der Waals surface area (Å²) < 4.78 is 0. The Morgan fingerprint density at radius 3 is 2.64 bits per heavy atom. The van der Waals surface area contributed by atoms with E-state index in [1.807, 2.05) is 19.9 Å². The quantitative estimate of drug-likeness (QED) is 0.558. The van der Waals surface area contributed by atoms with Gasteiger partial charge < -0.3 is 4.84 Å². The van der Waals surface area contributed by atoms with E-state index >= 15 is 0 Å². The van der Waals surface area contributed by atoms with Crippen molar-refractivity contribution in [1.82, 2.24) is 0 Å². The van der Waals surface area contributed by atoms with E-state index in [0.717, 1.165) is 11.3 Å². The molecule has 0 saturated carbocycles. The standard InChI is InChI=1S/C9H11NO/c1-7(2)5-8-6-9(3,4)11-10-8/h3-5H,6H2,1-2H3. The summed E-state index contributed by atoms with van der Waals surface area (Å²) in [6, 6.07) is 0. The maximum atomic E-state index is 5.46. The van der Waals surface area contributed by atoms with Crippen LogP contribution in [0.3, 0.4) is 0 Å². The van der Waals surface area contributed by atoms with E-state index in [0.29, 0.717) is 6.42 Å². The molecule has 2 heteroatoms.